The third-order valence-electron chi connectivity index (χ3n) is 2.50. The van der Waals surface area contributed by atoms with Gasteiger partial charge in [0, 0.05) is 17.9 Å². The Balaban J connectivity index is 2.53. The van der Waals surface area contributed by atoms with Gasteiger partial charge in [-0.15, -0.1) is 0 Å². The van der Waals surface area contributed by atoms with Gasteiger partial charge in [0.05, 0.1) is 0 Å². The largest absolute Gasteiger partial charge is 0.327 e. The van der Waals surface area contributed by atoms with E-state index in [1.807, 2.05) is 13.8 Å². The Kier molecular flexibility index (Phi) is 2.66. The number of ketones is 1. The molecule has 0 amide bonds. The highest BCUT2D eigenvalue weighted by molar-refractivity contribution is 5.83. The van der Waals surface area contributed by atoms with Gasteiger partial charge in [-0.3, -0.25) is 4.79 Å². The quantitative estimate of drug-likeness (QED) is 0.654. The van der Waals surface area contributed by atoms with Gasteiger partial charge in [0.15, 0.2) is 0 Å². The molecule has 0 saturated heterocycles. The van der Waals surface area contributed by atoms with Crippen molar-refractivity contribution >= 4 is 5.78 Å². The van der Waals surface area contributed by atoms with E-state index >= 15 is 0 Å². The third-order valence-corrected chi connectivity index (χ3v) is 2.50. The van der Waals surface area contributed by atoms with Crippen LogP contribution in [0.1, 0.15) is 33.1 Å². The summed E-state index contributed by atoms with van der Waals surface area (Å²) in [5.74, 6) is 0.675. The van der Waals surface area contributed by atoms with Crippen LogP contribution in [0.4, 0.5) is 0 Å². The van der Waals surface area contributed by atoms with Crippen molar-refractivity contribution in [3.63, 3.8) is 0 Å². The maximum Gasteiger partial charge on any atom is 0.140 e. The molecule has 0 aromatic rings. The van der Waals surface area contributed by atoms with Gasteiger partial charge in [-0.25, -0.2) is 0 Å². The molecule has 1 rings (SSSR count). The minimum Gasteiger partial charge on any atom is -0.327 e. The monoisotopic (exact) mass is 155 g/mol. The molecule has 1 aliphatic carbocycles. The Bertz CT molecular complexity index is 154. The Hall–Kier alpha value is -0.370. The van der Waals surface area contributed by atoms with E-state index in [4.69, 9.17) is 5.73 Å². The second-order valence-electron chi connectivity index (χ2n) is 3.76. The fourth-order valence-electron chi connectivity index (χ4n) is 1.77. The molecule has 1 saturated carbocycles. The highest BCUT2D eigenvalue weighted by Crippen LogP contribution is 2.26. The molecule has 2 heteroatoms. The molecule has 2 N–H and O–H groups in total. The van der Waals surface area contributed by atoms with Gasteiger partial charge in [0.2, 0.25) is 0 Å². The Morgan fingerprint density at radius 3 is 2.45 bits per heavy atom. The lowest BCUT2D eigenvalue weighted by atomic mass is 9.91. The van der Waals surface area contributed by atoms with E-state index in [1.54, 1.807) is 0 Å². The second kappa shape index (κ2) is 3.35. The number of Topliss-reactive ketones (excluding diaryl/α,β-unsaturated/α-hetero) is 1. The first kappa shape index (κ1) is 8.72. The lowest BCUT2D eigenvalue weighted by Crippen LogP contribution is -2.32. The molecule has 0 heterocycles. The van der Waals surface area contributed by atoms with Crippen LogP contribution in [-0.4, -0.2) is 11.8 Å². The molecular weight excluding hydrogens is 138 g/mol. The number of carbonyl (C=O) groups is 1. The smallest absolute Gasteiger partial charge is 0.140 e. The van der Waals surface area contributed by atoms with Crippen molar-refractivity contribution in [3.05, 3.63) is 0 Å². The van der Waals surface area contributed by atoms with E-state index in [2.05, 4.69) is 0 Å². The molecule has 2 atom stereocenters. The van der Waals surface area contributed by atoms with Gasteiger partial charge < -0.3 is 5.73 Å². The van der Waals surface area contributed by atoms with Crippen LogP contribution < -0.4 is 5.73 Å². The molecule has 1 fully saturated rings. The summed E-state index contributed by atoms with van der Waals surface area (Å²) in [6.07, 6.45) is 3.17. The topological polar surface area (TPSA) is 43.1 Å². The number of hydrogen-bond donors (Lipinski definition) is 1. The zero-order valence-electron chi connectivity index (χ0n) is 7.34. The van der Waals surface area contributed by atoms with Crippen molar-refractivity contribution in [1.82, 2.24) is 0 Å². The molecule has 0 aromatic heterocycles. The van der Waals surface area contributed by atoms with E-state index < -0.39 is 0 Å². The van der Waals surface area contributed by atoms with Gasteiger partial charge >= 0.3 is 0 Å². The number of carbonyl (C=O) groups excluding carboxylic acids is 1. The minimum atomic E-state index is 0.143. The SMILES string of the molecule is CC(C)C(=O)[C@@H]1CCC[C@@H]1N. The van der Waals surface area contributed by atoms with Crippen molar-refractivity contribution in [1.29, 1.82) is 0 Å². The van der Waals surface area contributed by atoms with Gasteiger partial charge in [0.25, 0.3) is 0 Å². The normalized spacial score (nSPS) is 31.3. The lowest BCUT2D eigenvalue weighted by Gasteiger charge is -2.15. The first-order valence-electron chi connectivity index (χ1n) is 4.42. The van der Waals surface area contributed by atoms with Crippen LogP contribution >= 0.6 is 0 Å². The molecule has 1 aliphatic rings. The predicted molar refractivity (Wildman–Crippen MR) is 45.2 cm³/mol. The summed E-state index contributed by atoms with van der Waals surface area (Å²) in [6.45, 7) is 3.90. The van der Waals surface area contributed by atoms with Crippen molar-refractivity contribution in [2.75, 3.05) is 0 Å². The van der Waals surface area contributed by atoms with Crippen LogP contribution in [-0.2, 0) is 4.79 Å². The lowest BCUT2D eigenvalue weighted by molar-refractivity contribution is -0.125. The van der Waals surface area contributed by atoms with E-state index in [-0.39, 0.29) is 17.9 Å². The number of rotatable bonds is 2. The highest BCUT2D eigenvalue weighted by atomic mass is 16.1. The molecule has 0 bridgehead atoms. The van der Waals surface area contributed by atoms with Crippen LogP contribution in [0.5, 0.6) is 0 Å². The van der Waals surface area contributed by atoms with Crippen LogP contribution in [0, 0.1) is 11.8 Å². The highest BCUT2D eigenvalue weighted by Gasteiger charge is 2.30. The molecule has 64 valence electrons. The van der Waals surface area contributed by atoms with E-state index in [9.17, 15) is 4.79 Å². The molecule has 11 heavy (non-hydrogen) atoms. The van der Waals surface area contributed by atoms with Gasteiger partial charge in [-0.1, -0.05) is 20.3 Å². The summed E-state index contributed by atoms with van der Waals surface area (Å²) in [4.78, 5) is 11.5. The van der Waals surface area contributed by atoms with Gasteiger partial charge in [-0.05, 0) is 12.8 Å². The number of nitrogens with two attached hydrogens (primary N) is 1. The van der Waals surface area contributed by atoms with Crippen LogP contribution in [0.3, 0.4) is 0 Å². The van der Waals surface area contributed by atoms with E-state index in [0.717, 1.165) is 19.3 Å². The fourth-order valence-corrected chi connectivity index (χ4v) is 1.77. The molecule has 0 unspecified atom stereocenters. The maximum atomic E-state index is 11.5. The zero-order valence-corrected chi connectivity index (χ0v) is 7.34. The molecule has 0 aliphatic heterocycles. The summed E-state index contributed by atoms with van der Waals surface area (Å²) in [5.41, 5.74) is 5.80. The Morgan fingerprint density at radius 1 is 1.45 bits per heavy atom. The van der Waals surface area contributed by atoms with Gasteiger partial charge in [-0.2, -0.15) is 0 Å². The van der Waals surface area contributed by atoms with Crippen molar-refractivity contribution in [2.45, 2.75) is 39.2 Å². The molecule has 0 radical (unpaired) electrons. The van der Waals surface area contributed by atoms with E-state index in [0.29, 0.717) is 5.78 Å². The average Bonchev–Trinajstić information content (AvgIpc) is 2.33. The van der Waals surface area contributed by atoms with Crippen LogP contribution in [0.2, 0.25) is 0 Å². The predicted octanol–water partition coefficient (Wildman–Crippen LogP) is 1.34. The second-order valence-corrected chi connectivity index (χ2v) is 3.76. The molecule has 2 nitrogen and oxygen atoms in total. The first-order chi connectivity index (χ1) is 5.13. The third kappa shape index (κ3) is 1.80. The van der Waals surface area contributed by atoms with Crippen LogP contribution in [0.25, 0.3) is 0 Å². The maximum absolute atomic E-state index is 11.5. The van der Waals surface area contributed by atoms with Crippen molar-refractivity contribution < 1.29 is 4.79 Å². The summed E-state index contributed by atoms with van der Waals surface area (Å²) in [6, 6.07) is 0.143. The summed E-state index contributed by atoms with van der Waals surface area (Å²) >= 11 is 0. The first-order valence-corrected chi connectivity index (χ1v) is 4.42. The van der Waals surface area contributed by atoms with Crippen molar-refractivity contribution in [3.8, 4) is 0 Å². The fraction of sp³-hybridized carbons (Fsp3) is 0.889. The molecular formula is C9H17NO. The zero-order chi connectivity index (χ0) is 8.43. The average molecular weight is 155 g/mol. The standard InChI is InChI=1S/C9H17NO/c1-6(2)9(11)7-4-3-5-8(7)10/h6-8H,3-5,10H2,1-2H3/t7-,8+/m1/s1. The van der Waals surface area contributed by atoms with Gasteiger partial charge in [0.1, 0.15) is 5.78 Å². The summed E-state index contributed by atoms with van der Waals surface area (Å²) in [5, 5.41) is 0. The molecule has 0 spiro atoms. The Morgan fingerprint density at radius 2 is 2.09 bits per heavy atom. The molecule has 0 aromatic carbocycles. The van der Waals surface area contributed by atoms with E-state index in [1.165, 1.54) is 0 Å². The summed E-state index contributed by atoms with van der Waals surface area (Å²) < 4.78 is 0. The van der Waals surface area contributed by atoms with Crippen LogP contribution in [0.15, 0.2) is 0 Å². The Labute approximate surface area is 68.2 Å². The van der Waals surface area contributed by atoms with Crippen molar-refractivity contribution in [2.24, 2.45) is 17.6 Å². The number of hydrogen-bond acceptors (Lipinski definition) is 2. The minimum absolute atomic E-state index is 0.143. The summed E-state index contributed by atoms with van der Waals surface area (Å²) in [7, 11) is 0.